The number of hydrogen-bond donors (Lipinski definition) is 1. The van der Waals surface area contributed by atoms with Gasteiger partial charge in [0.05, 0.1) is 0 Å². The van der Waals surface area contributed by atoms with Crippen molar-refractivity contribution < 1.29 is 56.1 Å². The Morgan fingerprint density at radius 3 is 2.29 bits per heavy atom. The van der Waals surface area contributed by atoms with Crippen molar-refractivity contribution in [3.8, 4) is 0 Å². The predicted octanol–water partition coefficient (Wildman–Crippen LogP) is -0.371. The van der Waals surface area contributed by atoms with Crippen LogP contribution in [0.15, 0.2) is 78.9 Å². The fourth-order valence-electron chi connectivity index (χ4n) is 4.31. The fourth-order valence-corrected chi connectivity index (χ4v) is 4.31. The van der Waals surface area contributed by atoms with Crippen LogP contribution in [-0.2, 0) is 26.2 Å². The maximum atomic E-state index is 9.44. The van der Waals surface area contributed by atoms with E-state index in [0.29, 0.717) is 6.42 Å². The van der Waals surface area contributed by atoms with E-state index in [0.717, 1.165) is 0 Å². The van der Waals surface area contributed by atoms with Gasteiger partial charge in [-0.2, -0.15) is 0 Å². The summed E-state index contributed by atoms with van der Waals surface area (Å²) in [6, 6.07) is 26.2. The van der Waals surface area contributed by atoms with Gasteiger partial charge in [-0.1, -0.05) is 72.3 Å². The Kier molecular flexibility index (Phi) is 7.76. The van der Waals surface area contributed by atoms with E-state index in [2.05, 4.69) is 78.9 Å². The molecule has 1 unspecified atom stereocenters. The smallest absolute Gasteiger partial charge is 1.00 e. The summed E-state index contributed by atoms with van der Waals surface area (Å²) < 4.78 is 0. The Balaban J connectivity index is 0.000000934. The van der Waals surface area contributed by atoms with Gasteiger partial charge in [-0.15, -0.1) is 33.7 Å². The van der Waals surface area contributed by atoms with Crippen LogP contribution in [0, 0.1) is 0 Å². The van der Waals surface area contributed by atoms with Gasteiger partial charge in [-0.25, -0.2) is 0 Å². The zero-order valence-electron chi connectivity index (χ0n) is 15.2. The van der Waals surface area contributed by atoms with Crippen molar-refractivity contribution in [2.75, 3.05) is 6.61 Å². The summed E-state index contributed by atoms with van der Waals surface area (Å²) in [5.41, 5.74) is 5.25. The molecule has 1 N–H and O–H groups in total. The SMILES string of the molecule is OCCC1=CC(c2cccc3c2[cH-]c2ccccc23)c2ccccc21.[Cl-].[Cl-].[Zr+3]. The molecule has 139 valence electrons. The van der Waals surface area contributed by atoms with Crippen LogP contribution < -0.4 is 24.8 Å². The molecule has 4 aromatic rings. The minimum Gasteiger partial charge on any atom is -1.00 e. The van der Waals surface area contributed by atoms with E-state index in [1.165, 1.54) is 43.8 Å². The number of aliphatic hydroxyl groups excluding tert-OH is 1. The molecule has 1 nitrogen and oxygen atoms in total. The van der Waals surface area contributed by atoms with Gasteiger partial charge in [-0.05, 0) is 23.1 Å². The maximum Gasteiger partial charge on any atom is 3.00 e. The van der Waals surface area contributed by atoms with Crippen LogP contribution in [0.1, 0.15) is 29.0 Å². The van der Waals surface area contributed by atoms with E-state index >= 15 is 0 Å². The quantitative estimate of drug-likeness (QED) is 0.393. The van der Waals surface area contributed by atoms with Crippen molar-refractivity contribution in [3.63, 3.8) is 0 Å². The van der Waals surface area contributed by atoms with Crippen molar-refractivity contribution in [3.05, 3.63) is 95.6 Å². The van der Waals surface area contributed by atoms with Crippen LogP contribution in [0.2, 0.25) is 0 Å². The number of allylic oxidation sites excluding steroid dienone is 1. The van der Waals surface area contributed by atoms with Crippen LogP contribution in [0.4, 0.5) is 0 Å². The number of rotatable bonds is 3. The summed E-state index contributed by atoms with van der Waals surface area (Å²) in [6.45, 7) is 0.192. The third-order valence-corrected chi connectivity index (χ3v) is 5.42. The van der Waals surface area contributed by atoms with Crippen LogP contribution >= 0.6 is 0 Å². The summed E-state index contributed by atoms with van der Waals surface area (Å²) in [4.78, 5) is 0. The topological polar surface area (TPSA) is 20.2 Å². The molecule has 0 spiro atoms. The van der Waals surface area contributed by atoms with Gasteiger partial charge in [0.15, 0.2) is 0 Å². The predicted molar refractivity (Wildman–Crippen MR) is 105 cm³/mol. The second-order valence-electron chi connectivity index (χ2n) is 6.77. The molecule has 1 aliphatic carbocycles. The molecule has 0 aliphatic heterocycles. The Hall–Kier alpha value is -1.31. The van der Waals surface area contributed by atoms with Crippen LogP contribution in [0.5, 0.6) is 0 Å². The first-order valence-corrected chi connectivity index (χ1v) is 8.85. The minimum absolute atomic E-state index is 0. The molecule has 0 heterocycles. The van der Waals surface area contributed by atoms with Gasteiger partial charge in [0.1, 0.15) is 0 Å². The second kappa shape index (κ2) is 9.46. The minimum atomic E-state index is 0. The molecule has 4 heteroatoms. The molecule has 0 amide bonds. The van der Waals surface area contributed by atoms with Gasteiger partial charge in [0, 0.05) is 12.5 Å². The molecule has 28 heavy (non-hydrogen) atoms. The van der Waals surface area contributed by atoms with Crippen molar-refractivity contribution >= 4 is 27.1 Å². The number of hydrogen-bond acceptors (Lipinski definition) is 1. The summed E-state index contributed by atoms with van der Waals surface area (Å²) in [5, 5.41) is 14.7. The molecular weight excluding hydrogens is 466 g/mol. The van der Waals surface area contributed by atoms with E-state index in [1.54, 1.807) is 0 Å². The summed E-state index contributed by atoms with van der Waals surface area (Å²) in [5.74, 6) is 0.262. The van der Waals surface area contributed by atoms with Gasteiger partial charge < -0.3 is 29.9 Å². The Morgan fingerprint density at radius 1 is 0.786 bits per heavy atom. The van der Waals surface area contributed by atoms with E-state index in [-0.39, 0.29) is 63.5 Å². The van der Waals surface area contributed by atoms with Crippen molar-refractivity contribution in [2.45, 2.75) is 12.3 Å². The van der Waals surface area contributed by atoms with E-state index in [9.17, 15) is 5.11 Å². The average Bonchev–Trinajstić information content (AvgIpc) is 3.21. The number of halogens is 2. The van der Waals surface area contributed by atoms with E-state index in [1.807, 2.05) is 0 Å². The van der Waals surface area contributed by atoms with Crippen LogP contribution in [0.25, 0.3) is 27.1 Å². The Morgan fingerprint density at radius 2 is 1.46 bits per heavy atom. The number of benzene rings is 3. The molecule has 1 radical (unpaired) electrons. The molecule has 1 atom stereocenters. The number of fused-ring (bicyclic) bond motifs is 4. The Labute approximate surface area is 196 Å². The van der Waals surface area contributed by atoms with E-state index in [4.69, 9.17) is 0 Å². The molecule has 0 saturated heterocycles. The van der Waals surface area contributed by atoms with Gasteiger partial charge >= 0.3 is 26.2 Å². The number of aliphatic hydroxyl groups is 1. The molecule has 5 rings (SSSR count). The normalized spacial score (nSPS) is 14.6. The monoisotopic (exact) mass is 483 g/mol. The van der Waals surface area contributed by atoms with Gasteiger partial charge in [-0.3, -0.25) is 0 Å². The van der Waals surface area contributed by atoms with Gasteiger partial charge in [0.25, 0.3) is 0 Å². The zero-order valence-corrected chi connectivity index (χ0v) is 19.2. The average molecular weight is 486 g/mol. The standard InChI is InChI=1S/C24H19O.2ClH.Zr/c25-13-12-17-15-24(20-9-4-3-8-19(17)20)22-11-5-10-21-18-7-2-1-6-16(18)14-23(21)22;;;/h1-11,14-15,24-25H,12-13H2;2*1H;/q-1;;;+3/p-2. The van der Waals surface area contributed by atoms with Crippen molar-refractivity contribution in [1.29, 1.82) is 0 Å². The summed E-state index contributed by atoms with van der Waals surface area (Å²) >= 11 is 0. The third-order valence-electron chi connectivity index (χ3n) is 5.42. The van der Waals surface area contributed by atoms with E-state index < -0.39 is 0 Å². The maximum absolute atomic E-state index is 9.44. The first kappa shape index (κ1) is 23.0. The van der Waals surface area contributed by atoms with Crippen molar-refractivity contribution in [2.24, 2.45) is 0 Å². The molecule has 0 aromatic heterocycles. The van der Waals surface area contributed by atoms with Crippen LogP contribution in [-0.4, -0.2) is 11.7 Å². The first-order valence-electron chi connectivity index (χ1n) is 8.85. The van der Waals surface area contributed by atoms with Crippen molar-refractivity contribution in [1.82, 2.24) is 0 Å². The van der Waals surface area contributed by atoms with Gasteiger partial charge in [0.2, 0.25) is 0 Å². The molecule has 0 fully saturated rings. The third kappa shape index (κ3) is 3.64. The second-order valence-corrected chi connectivity index (χ2v) is 6.77. The Bertz CT molecular complexity index is 1130. The molecular formula is C24H19Cl2OZr. The molecule has 4 aromatic carbocycles. The molecule has 1 aliphatic rings. The molecule has 0 bridgehead atoms. The first-order chi connectivity index (χ1) is 12.4. The zero-order chi connectivity index (χ0) is 16.8. The summed E-state index contributed by atoms with van der Waals surface area (Å²) in [7, 11) is 0. The largest absolute Gasteiger partial charge is 3.00 e. The summed E-state index contributed by atoms with van der Waals surface area (Å²) in [6.07, 6.45) is 3.06. The molecule has 0 saturated carbocycles. The fraction of sp³-hybridized carbons (Fsp3) is 0.125. The van der Waals surface area contributed by atoms with Crippen LogP contribution in [0.3, 0.4) is 0 Å².